The van der Waals surface area contributed by atoms with Crippen molar-refractivity contribution in [1.29, 1.82) is 0 Å². The van der Waals surface area contributed by atoms with Crippen LogP contribution in [0.15, 0.2) is 0 Å². The third-order valence-corrected chi connectivity index (χ3v) is 2.65. The number of hydrogen-bond donors (Lipinski definition) is 2. The van der Waals surface area contributed by atoms with Crippen LogP contribution in [0.2, 0.25) is 0 Å². The van der Waals surface area contributed by atoms with Crippen LogP contribution in [0.25, 0.3) is 0 Å². The highest BCUT2D eigenvalue weighted by Crippen LogP contribution is 2.49. The highest BCUT2D eigenvalue weighted by Gasteiger charge is 2.75. The largest absolute Gasteiger partial charge is 0.432 e. The van der Waals surface area contributed by atoms with Gasteiger partial charge in [-0.2, -0.15) is 51.6 Å². The molecule has 1 unspecified atom stereocenters. The minimum absolute atomic E-state index is 0.987. The van der Waals surface area contributed by atoms with Crippen LogP contribution in [0.4, 0.5) is 30.7 Å². The van der Waals surface area contributed by atoms with Crippen LogP contribution in [0, 0.1) is 0 Å². The van der Waals surface area contributed by atoms with E-state index in [1.165, 1.54) is 0 Å². The quantitative estimate of drug-likeness (QED) is 0.554. The molecule has 0 aliphatic heterocycles. The fraction of sp³-hybridized carbons (Fsp3) is 1.00. The highest BCUT2D eigenvalue weighted by molar-refractivity contribution is 7.84. The maximum absolute atomic E-state index is 12.8. The highest BCUT2D eigenvalue weighted by atomic mass is 32.1. The van der Waals surface area contributed by atoms with Gasteiger partial charge in [0.15, 0.2) is 0 Å². The molecule has 0 aliphatic carbocycles. The molecule has 0 saturated heterocycles. The topological polar surface area (TPSA) is 0 Å². The number of halogens is 7. The molecule has 0 aromatic heterocycles. The lowest BCUT2D eigenvalue weighted by Gasteiger charge is -2.33. The van der Waals surface area contributed by atoms with E-state index < -0.39 is 29.0 Å². The zero-order valence-corrected chi connectivity index (χ0v) is 8.11. The fourth-order valence-corrected chi connectivity index (χ4v) is 1.21. The Morgan fingerprint density at radius 2 is 1.14 bits per heavy atom. The van der Waals surface area contributed by atoms with E-state index in [-0.39, 0.29) is 0 Å². The molecule has 0 amide bonds. The summed E-state index contributed by atoms with van der Waals surface area (Å²) in [6, 6.07) is 0. The van der Waals surface area contributed by atoms with Crippen molar-refractivity contribution in [3.8, 4) is 0 Å². The Morgan fingerprint density at radius 1 is 0.857 bits per heavy atom. The lowest BCUT2D eigenvalue weighted by molar-refractivity contribution is -0.339. The van der Waals surface area contributed by atoms with Crippen molar-refractivity contribution in [2.75, 3.05) is 5.75 Å². The maximum atomic E-state index is 12.8. The van der Waals surface area contributed by atoms with E-state index in [0.29, 0.717) is 0 Å². The summed E-state index contributed by atoms with van der Waals surface area (Å²) in [6.45, 7) is 0. The average Bonchev–Trinajstić information content (AvgIpc) is 1.97. The smallest absolute Gasteiger partial charge is 0.222 e. The van der Waals surface area contributed by atoms with Crippen molar-refractivity contribution < 1.29 is 30.7 Å². The molecular weight excluding hydrogens is 257 g/mol. The van der Waals surface area contributed by atoms with Crippen molar-refractivity contribution in [3.05, 3.63) is 0 Å². The molecule has 0 aliphatic rings. The van der Waals surface area contributed by atoms with Crippen molar-refractivity contribution in [2.24, 2.45) is 0 Å². The van der Waals surface area contributed by atoms with Gasteiger partial charge < -0.3 is 0 Å². The van der Waals surface area contributed by atoms with Crippen LogP contribution in [-0.4, -0.2) is 29.0 Å². The Morgan fingerprint density at radius 3 is 1.21 bits per heavy atom. The molecule has 0 rings (SSSR count). The predicted octanol–water partition coefficient (Wildman–Crippen LogP) is 3.05. The van der Waals surface area contributed by atoms with Crippen LogP contribution >= 0.6 is 25.3 Å². The van der Waals surface area contributed by atoms with E-state index in [4.69, 9.17) is 0 Å². The first-order chi connectivity index (χ1) is 5.98. The Labute approximate surface area is 85.7 Å². The lowest BCUT2D eigenvalue weighted by Crippen LogP contribution is -2.59. The van der Waals surface area contributed by atoms with Gasteiger partial charge in [-0.1, -0.05) is 0 Å². The van der Waals surface area contributed by atoms with Gasteiger partial charge in [0.2, 0.25) is 0 Å². The normalized spacial score (nSPS) is 16.9. The molecule has 0 fully saturated rings. The fourth-order valence-electron chi connectivity index (χ4n) is 0.664. The number of hydrogen-bond acceptors (Lipinski definition) is 2. The van der Waals surface area contributed by atoms with Crippen molar-refractivity contribution >= 4 is 25.3 Å². The lowest BCUT2D eigenvalue weighted by atomic mass is 10.0. The summed E-state index contributed by atoms with van der Waals surface area (Å²) in [4.78, 5) is 0. The van der Waals surface area contributed by atoms with E-state index in [1.54, 1.807) is 0 Å². The molecule has 0 aromatic carbocycles. The average molecular weight is 262 g/mol. The monoisotopic (exact) mass is 262 g/mol. The second-order valence-corrected chi connectivity index (χ2v) is 3.39. The Kier molecular flexibility index (Phi) is 4.05. The van der Waals surface area contributed by atoms with Crippen LogP contribution in [0.3, 0.4) is 0 Å². The standard InChI is InChI=1S/C5H5F7S2/c6-3(2(14)1-13,4(7,8)9)5(10,11)12/h2,13-14H,1H2. The molecule has 0 bridgehead atoms. The molecule has 86 valence electrons. The minimum atomic E-state index is -6.06. The van der Waals surface area contributed by atoms with E-state index in [0.717, 1.165) is 0 Å². The third kappa shape index (κ3) is 2.23. The van der Waals surface area contributed by atoms with Crippen molar-refractivity contribution in [3.63, 3.8) is 0 Å². The molecule has 0 saturated carbocycles. The van der Waals surface area contributed by atoms with Gasteiger partial charge in [0.1, 0.15) is 0 Å². The van der Waals surface area contributed by atoms with Gasteiger partial charge >= 0.3 is 18.0 Å². The molecule has 1 atom stereocenters. The Bertz CT molecular complexity index is 181. The number of alkyl halides is 7. The van der Waals surface area contributed by atoms with Crippen LogP contribution < -0.4 is 0 Å². The SMILES string of the molecule is FC(F)(F)C(F)(C(S)CS)C(F)(F)F. The zero-order chi connectivity index (χ0) is 11.8. The summed E-state index contributed by atoms with van der Waals surface area (Å²) in [7, 11) is 0. The van der Waals surface area contributed by atoms with E-state index in [9.17, 15) is 30.7 Å². The summed E-state index contributed by atoms with van der Waals surface area (Å²) in [5.74, 6) is -0.987. The second-order valence-electron chi connectivity index (χ2n) is 2.41. The van der Waals surface area contributed by atoms with E-state index >= 15 is 0 Å². The van der Waals surface area contributed by atoms with Gasteiger partial charge in [-0.25, -0.2) is 4.39 Å². The number of thiol groups is 2. The van der Waals surface area contributed by atoms with Crippen LogP contribution in [-0.2, 0) is 0 Å². The van der Waals surface area contributed by atoms with E-state index in [2.05, 4.69) is 25.3 Å². The Hall–Kier alpha value is 0.210. The summed E-state index contributed by atoms with van der Waals surface area (Å²) in [5.41, 5.74) is -5.33. The van der Waals surface area contributed by atoms with Gasteiger partial charge in [0, 0.05) is 5.75 Å². The van der Waals surface area contributed by atoms with Crippen LogP contribution in [0.5, 0.6) is 0 Å². The van der Waals surface area contributed by atoms with Gasteiger partial charge in [0.25, 0.3) is 0 Å². The first-order valence-corrected chi connectivity index (χ1v) is 4.24. The predicted molar refractivity (Wildman–Crippen MR) is 42.6 cm³/mol. The molecule has 9 heteroatoms. The number of rotatable bonds is 2. The zero-order valence-electron chi connectivity index (χ0n) is 6.32. The summed E-state index contributed by atoms with van der Waals surface area (Å²) < 4.78 is 84.0. The molecule has 0 nitrogen and oxygen atoms in total. The molecule has 0 aromatic rings. The van der Waals surface area contributed by atoms with Gasteiger partial charge in [-0.15, -0.1) is 0 Å². The molecule has 0 spiro atoms. The summed E-state index contributed by atoms with van der Waals surface area (Å²) >= 11 is 6.06. The van der Waals surface area contributed by atoms with Crippen LogP contribution in [0.1, 0.15) is 0 Å². The van der Waals surface area contributed by atoms with Crippen molar-refractivity contribution in [1.82, 2.24) is 0 Å². The van der Waals surface area contributed by atoms with Gasteiger partial charge in [-0.3, -0.25) is 0 Å². The first-order valence-electron chi connectivity index (χ1n) is 3.09. The maximum Gasteiger partial charge on any atom is 0.432 e. The van der Waals surface area contributed by atoms with Gasteiger partial charge in [-0.05, 0) is 0 Å². The minimum Gasteiger partial charge on any atom is -0.222 e. The molecule has 0 heterocycles. The molecule has 0 radical (unpaired) electrons. The Balaban J connectivity index is 5.29. The van der Waals surface area contributed by atoms with E-state index in [1.807, 2.05) is 0 Å². The summed E-state index contributed by atoms with van der Waals surface area (Å²) in [6.07, 6.45) is -12.1. The second kappa shape index (κ2) is 3.99. The van der Waals surface area contributed by atoms with Gasteiger partial charge in [0.05, 0.1) is 5.25 Å². The molecule has 0 N–H and O–H groups in total. The molecular formula is C5H5F7S2. The van der Waals surface area contributed by atoms with Crippen molar-refractivity contribution in [2.45, 2.75) is 23.3 Å². The first kappa shape index (κ1) is 14.2. The molecule has 14 heavy (non-hydrogen) atoms. The third-order valence-electron chi connectivity index (χ3n) is 1.46. The summed E-state index contributed by atoms with van der Waals surface area (Å²) in [5, 5.41) is -2.59.